The number of imidazole rings is 1. The van der Waals surface area contributed by atoms with Crippen LogP contribution in [-0.4, -0.2) is 32.3 Å². The van der Waals surface area contributed by atoms with E-state index >= 15 is 0 Å². The fourth-order valence-corrected chi connectivity index (χ4v) is 2.44. The van der Waals surface area contributed by atoms with Crippen molar-refractivity contribution in [3.63, 3.8) is 0 Å². The van der Waals surface area contributed by atoms with Crippen LogP contribution in [-0.2, 0) is 23.2 Å². The molecule has 0 atom stereocenters. The quantitative estimate of drug-likeness (QED) is 0.826. The molecule has 1 fully saturated rings. The lowest BCUT2D eigenvalue weighted by molar-refractivity contribution is -0.152. The van der Waals surface area contributed by atoms with Gasteiger partial charge in [-0.2, -0.15) is 0 Å². The summed E-state index contributed by atoms with van der Waals surface area (Å²) in [5, 5.41) is 2.27. The van der Waals surface area contributed by atoms with Crippen LogP contribution in [0.1, 0.15) is 32.5 Å². The van der Waals surface area contributed by atoms with Crippen LogP contribution in [0, 0.1) is 5.41 Å². The van der Waals surface area contributed by atoms with Crippen molar-refractivity contribution in [2.45, 2.75) is 33.2 Å². The Morgan fingerprint density at radius 1 is 1.25 bits per heavy atom. The highest BCUT2D eigenvalue weighted by molar-refractivity contribution is 6.18. The van der Waals surface area contributed by atoms with E-state index in [1.807, 2.05) is 0 Å². The summed E-state index contributed by atoms with van der Waals surface area (Å²) in [5.41, 5.74) is -1.15. The van der Waals surface area contributed by atoms with Crippen molar-refractivity contribution in [1.82, 2.24) is 19.8 Å². The second-order valence-electron chi connectivity index (χ2n) is 4.89. The number of imide groups is 2. The Morgan fingerprint density at radius 2 is 1.90 bits per heavy atom. The van der Waals surface area contributed by atoms with Gasteiger partial charge >= 0.3 is 6.03 Å². The van der Waals surface area contributed by atoms with E-state index in [0.29, 0.717) is 18.7 Å². The van der Waals surface area contributed by atoms with E-state index in [1.54, 1.807) is 37.9 Å². The SMILES string of the molecule is CCC1(CC)C(=O)NC(=O)N(Cc2nccn2C)C1=O. The number of carbonyl (C=O) groups is 3. The van der Waals surface area contributed by atoms with Crippen molar-refractivity contribution in [2.24, 2.45) is 12.5 Å². The highest BCUT2D eigenvalue weighted by atomic mass is 16.2. The van der Waals surface area contributed by atoms with Crippen LogP contribution < -0.4 is 5.32 Å². The van der Waals surface area contributed by atoms with Gasteiger partial charge in [-0.15, -0.1) is 0 Å². The number of barbiturate groups is 1. The van der Waals surface area contributed by atoms with Crippen LogP contribution >= 0.6 is 0 Å². The molecular formula is C13H18N4O3. The van der Waals surface area contributed by atoms with Crippen LogP contribution in [0.25, 0.3) is 0 Å². The fraction of sp³-hybridized carbons (Fsp3) is 0.538. The van der Waals surface area contributed by atoms with Crippen LogP contribution in [0.5, 0.6) is 0 Å². The molecule has 1 aliphatic heterocycles. The summed E-state index contributed by atoms with van der Waals surface area (Å²) in [6, 6.07) is -0.680. The third-order valence-electron chi connectivity index (χ3n) is 3.98. The lowest BCUT2D eigenvalue weighted by Gasteiger charge is -2.37. The third kappa shape index (κ3) is 1.99. The zero-order valence-corrected chi connectivity index (χ0v) is 11.8. The number of hydrogen-bond acceptors (Lipinski definition) is 4. The van der Waals surface area contributed by atoms with E-state index in [2.05, 4.69) is 10.3 Å². The molecule has 20 heavy (non-hydrogen) atoms. The van der Waals surface area contributed by atoms with Crippen molar-refractivity contribution in [3.05, 3.63) is 18.2 Å². The number of hydrogen-bond donors (Lipinski definition) is 1. The maximum atomic E-state index is 12.6. The molecule has 1 aliphatic rings. The Morgan fingerprint density at radius 3 is 2.40 bits per heavy atom. The maximum Gasteiger partial charge on any atom is 0.331 e. The second kappa shape index (κ2) is 5.07. The number of amides is 4. The fourth-order valence-electron chi connectivity index (χ4n) is 2.44. The standard InChI is InChI=1S/C13H18N4O3/c1-4-13(5-2)10(18)15-12(20)17(11(13)19)8-9-14-6-7-16(9)3/h6-7H,4-5,8H2,1-3H3,(H,15,18,20). The van der Waals surface area contributed by atoms with Crippen LogP contribution in [0.4, 0.5) is 4.79 Å². The van der Waals surface area contributed by atoms with Gasteiger partial charge in [0.15, 0.2) is 0 Å². The summed E-state index contributed by atoms with van der Waals surface area (Å²) in [7, 11) is 1.78. The van der Waals surface area contributed by atoms with Gasteiger partial charge in [0, 0.05) is 19.4 Å². The summed E-state index contributed by atoms with van der Waals surface area (Å²) in [5.74, 6) is -0.364. The van der Waals surface area contributed by atoms with Gasteiger partial charge < -0.3 is 4.57 Å². The van der Waals surface area contributed by atoms with Crippen molar-refractivity contribution >= 4 is 17.8 Å². The number of nitrogens with one attached hydrogen (secondary N) is 1. The van der Waals surface area contributed by atoms with Gasteiger partial charge in [-0.3, -0.25) is 19.8 Å². The molecule has 0 bridgehead atoms. The number of aromatic nitrogens is 2. The second-order valence-corrected chi connectivity index (χ2v) is 4.89. The largest absolute Gasteiger partial charge is 0.337 e. The molecule has 1 N–H and O–H groups in total. The first-order valence-corrected chi connectivity index (χ1v) is 6.59. The van der Waals surface area contributed by atoms with Gasteiger partial charge in [-0.05, 0) is 12.8 Å². The topological polar surface area (TPSA) is 84.3 Å². The lowest BCUT2D eigenvalue weighted by atomic mass is 9.78. The Labute approximate surface area is 117 Å². The minimum atomic E-state index is -1.15. The maximum absolute atomic E-state index is 12.6. The third-order valence-corrected chi connectivity index (χ3v) is 3.98. The van der Waals surface area contributed by atoms with E-state index in [-0.39, 0.29) is 6.54 Å². The molecule has 2 rings (SSSR count). The van der Waals surface area contributed by atoms with Crippen molar-refractivity contribution < 1.29 is 14.4 Å². The first-order chi connectivity index (χ1) is 9.46. The van der Waals surface area contributed by atoms with E-state index in [0.717, 1.165) is 4.90 Å². The summed E-state index contributed by atoms with van der Waals surface area (Å²) in [6.07, 6.45) is 4.05. The smallest absolute Gasteiger partial charge is 0.331 e. The van der Waals surface area contributed by atoms with Gasteiger partial charge in [-0.25, -0.2) is 9.78 Å². The molecule has 4 amide bonds. The van der Waals surface area contributed by atoms with E-state index < -0.39 is 23.3 Å². The lowest BCUT2D eigenvalue weighted by Crippen LogP contribution is -2.63. The minimum Gasteiger partial charge on any atom is -0.337 e. The van der Waals surface area contributed by atoms with Gasteiger partial charge in [0.05, 0.1) is 6.54 Å². The summed E-state index contributed by atoms with van der Waals surface area (Å²) < 4.78 is 1.73. The molecule has 0 unspecified atom stereocenters. The number of carbonyl (C=O) groups excluding carboxylic acids is 3. The average Bonchev–Trinajstić information content (AvgIpc) is 2.81. The van der Waals surface area contributed by atoms with E-state index in [9.17, 15) is 14.4 Å². The molecule has 1 aromatic rings. The molecule has 0 aliphatic carbocycles. The van der Waals surface area contributed by atoms with Gasteiger partial charge in [0.1, 0.15) is 11.2 Å². The van der Waals surface area contributed by atoms with Gasteiger partial charge in [0.2, 0.25) is 11.8 Å². The predicted octanol–water partition coefficient (Wildman–Crippen LogP) is 0.805. The number of nitrogens with zero attached hydrogens (tertiary/aromatic N) is 3. The molecule has 0 aromatic carbocycles. The number of urea groups is 1. The first kappa shape index (κ1) is 14.2. The van der Waals surface area contributed by atoms with Crippen LogP contribution in [0.15, 0.2) is 12.4 Å². The summed E-state index contributed by atoms with van der Waals surface area (Å²) >= 11 is 0. The Balaban J connectivity index is 2.33. The molecule has 0 saturated carbocycles. The summed E-state index contributed by atoms with van der Waals surface area (Å²) in [4.78, 5) is 41.7. The van der Waals surface area contributed by atoms with Crippen LogP contribution in [0.2, 0.25) is 0 Å². The molecule has 0 radical (unpaired) electrons. The molecule has 1 saturated heterocycles. The molecule has 2 heterocycles. The molecular weight excluding hydrogens is 260 g/mol. The number of rotatable bonds is 4. The molecule has 7 nitrogen and oxygen atoms in total. The zero-order chi connectivity index (χ0) is 14.9. The molecule has 0 spiro atoms. The monoisotopic (exact) mass is 278 g/mol. The predicted molar refractivity (Wildman–Crippen MR) is 70.3 cm³/mol. The molecule has 1 aromatic heterocycles. The Kier molecular flexibility index (Phi) is 3.61. The van der Waals surface area contributed by atoms with Crippen LogP contribution in [0.3, 0.4) is 0 Å². The highest BCUT2D eigenvalue weighted by Gasteiger charge is 2.51. The summed E-state index contributed by atoms with van der Waals surface area (Å²) in [6.45, 7) is 3.61. The zero-order valence-electron chi connectivity index (χ0n) is 11.8. The molecule has 7 heteroatoms. The van der Waals surface area contributed by atoms with Crippen molar-refractivity contribution in [2.75, 3.05) is 0 Å². The van der Waals surface area contributed by atoms with Gasteiger partial charge in [-0.1, -0.05) is 13.8 Å². The number of aryl methyl sites for hydroxylation is 1. The Bertz CT molecular complexity index is 560. The highest BCUT2D eigenvalue weighted by Crippen LogP contribution is 2.32. The van der Waals surface area contributed by atoms with Crippen molar-refractivity contribution in [3.8, 4) is 0 Å². The minimum absolute atomic E-state index is 0.0587. The van der Waals surface area contributed by atoms with E-state index in [4.69, 9.17) is 0 Å². The average molecular weight is 278 g/mol. The Hall–Kier alpha value is -2.18. The van der Waals surface area contributed by atoms with Crippen molar-refractivity contribution in [1.29, 1.82) is 0 Å². The van der Waals surface area contributed by atoms with Gasteiger partial charge in [0.25, 0.3) is 0 Å². The van der Waals surface area contributed by atoms with E-state index in [1.165, 1.54) is 0 Å². The first-order valence-electron chi connectivity index (χ1n) is 6.59. The normalized spacial score (nSPS) is 18.4. The molecule has 108 valence electrons.